The monoisotopic (exact) mass is 328 g/mol. The van der Waals surface area contributed by atoms with Gasteiger partial charge in [0.05, 0.1) is 7.11 Å². The molecule has 0 bridgehead atoms. The van der Waals surface area contributed by atoms with E-state index >= 15 is 0 Å². The van der Waals surface area contributed by atoms with Gasteiger partial charge in [-0.15, -0.1) is 0 Å². The van der Waals surface area contributed by atoms with E-state index in [4.69, 9.17) is 4.74 Å². The van der Waals surface area contributed by atoms with Gasteiger partial charge < -0.3 is 9.47 Å². The van der Waals surface area contributed by atoms with Crippen molar-refractivity contribution in [2.75, 3.05) is 7.11 Å². The van der Waals surface area contributed by atoms with Crippen LogP contribution in [0.1, 0.15) is 31.4 Å². The molecule has 0 aliphatic heterocycles. The van der Waals surface area contributed by atoms with Gasteiger partial charge in [0.1, 0.15) is 6.10 Å². The van der Waals surface area contributed by atoms with Crippen molar-refractivity contribution in [2.24, 2.45) is 0 Å². The smallest absolute Gasteiger partial charge is 0.323 e. The van der Waals surface area contributed by atoms with Crippen LogP contribution >= 0.6 is 15.9 Å². The van der Waals surface area contributed by atoms with Gasteiger partial charge in [-0.1, -0.05) is 53.2 Å². The molecule has 19 heavy (non-hydrogen) atoms. The van der Waals surface area contributed by atoms with E-state index in [1.165, 1.54) is 7.11 Å². The highest BCUT2D eigenvalue weighted by atomic mass is 79.9. The Kier molecular flexibility index (Phi) is 6.56. The van der Waals surface area contributed by atoms with Crippen molar-refractivity contribution in [3.63, 3.8) is 0 Å². The van der Waals surface area contributed by atoms with Crippen LogP contribution in [0.2, 0.25) is 0 Å². The molecule has 0 saturated heterocycles. The first-order valence-electron chi connectivity index (χ1n) is 6.06. The van der Waals surface area contributed by atoms with Crippen molar-refractivity contribution in [1.29, 1.82) is 0 Å². The second-order valence-electron chi connectivity index (χ2n) is 4.00. The first kappa shape index (κ1) is 15.7. The van der Waals surface area contributed by atoms with Gasteiger partial charge in [0, 0.05) is 6.42 Å². The molecule has 4 nitrogen and oxygen atoms in total. The number of hydrogen-bond donors (Lipinski definition) is 0. The van der Waals surface area contributed by atoms with Crippen LogP contribution in [-0.2, 0) is 19.1 Å². The molecule has 0 aromatic heterocycles. The van der Waals surface area contributed by atoms with E-state index in [0.717, 1.165) is 5.56 Å². The van der Waals surface area contributed by atoms with Gasteiger partial charge in [-0.05, 0) is 12.0 Å². The van der Waals surface area contributed by atoms with Crippen molar-refractivity contribution in [1.82, 2.24) is 0 Å². The van der Waals surface area contributed by atoms with Crippen LogP contribution in [0.5, 0.6) is 0 Å². The Morgan fingerprint density at radius 2 is 1.89 bits per heavy atom. The Bertz CT molecular complexity index is 419. The molecule has 0 radical (unpaired) electrons. The number of carbonyl (C=O) groups is 2. The number of alkyl halides is 1. The van der Waals surface area contributed by atoms with Crippen molar-refractivity contribution in [3.05, 3.63) is 35.9 Å². The SMILES string of the molecule is CCCC(=O)O[C@H](c1ccccc1)[C@H](Br)C(=O)OC. The summed E-state index contributed by atoms with van der Waals surface area (Å²) in [7, 11) is 1.30. The van der Waals surface area contributed by atoms with Gasteiger partial charge >= 0.3 is 11.9 Å². The van der Waals surface area contributed by atoms with Crippen LogP contribution in [0, 0.1) is 0 Å². The number of esters is 2. The van der Waals surface area contributed by atoms with Crippen molar-refractivity contribution >= 4 is 27.9 Å². The standard InChI is InChI=1S/C14H17BrO4/c1-3-7-11(16)19-13(12(15)14(17)18-2)10-8-5-4-6-9-10/h4-6,8-9,12-13H,3,7H2,1-2H3/t12-,13+/m0/s1. The Morgan fingerprint density at radius 1 is 1.26 bits per heavy atom. The summed E-state index contributed by atoms with van der Waals surface area (Å²) in [5, 5.41) is 0. The minimum absolute atomic E-state index is 0.324. The fourth-order valence-corrected chi connectivity index (χ4v) is 2.18. The molecule has 0 aliphatic rings. The van der Waals surface area contributed by atoms with Crippen LogP contribution in [0.3, 0.4) is 0 Å². The molecule has 0 saturated carbocycles. The van der Waals surface area contributed by atoms with E-state index in [9.17, 15) is 9.59 Å². The molecule has 0 heterocycles. The Morgan fingerprint density at radius 3 is 2.42 bits per heavy atom. The normalized spacial score (nSPS) is 13.4. The van der Waals surface area contributed by atoms with Crippen molar-refractivity contribution < 1.29 is 19.1 Å². The largest absolute Gasteiger partial charge is 0.468 e. The second kappa shape index (κ2) is 7.94. The number of rotatable bonds is 6. The van der Waals surface area contributed by atoms with Gasteiger partial charge in [-0.3, -0.25) is 9.59 Å². The van der Waals surface area contributed by atoms with Crippen LogP contribution in [0.4, 0.5) is 0 Å². The fourth-order valence-electron chi connectivity index (χ4n) is 1.58. The lowest BCUT2D eigenvalue weighted by Gasteiger charge is -2.21. The number of hydrogen-bond acceptors (Lipinski definition) is 4. The Balaban J connectivity index is 2.91. The van der Waals surface area contributed by atoms with E-state index < -0.39 is 16.9 Å². The third-order valence-corrected chi connectivity index (χ3v) is 3.39. The lowest BCUT2D eigenvalue weighted by Crippen LogP contribution is -2.27. The molecular weight excluding hydrogens is 312 g/mol. The molecule has 104 valence electrons. The maximum atomic E-state index is 11.6. The second-order valence-corrected chi connectivity index (χ2v) is 4.98. The van der Waals surface area contributed by atoms with E-state index in [1.807, 2.05) is 25.1 Å². The van der Waals surface area contributed by atoms with Gasteiger partial charge in [-0.2, -0.15) is 0 Å². The van der Waals surface area contributed by atoms with E-state index in [0.29, 0.717) is 12.8 Å². The van der Waals surface area contributed by atoms with Crippen molar-refractivity contribution in [3.8, 4) is 0 Å². The zero-order valence-electron chi connectivity index (χ0n) is 11.0. The van der Waals surface area contributed by atoms with Gasteiger partial charge in [0.2, 0.25) is 0 Å². The minimum atomic E-state index is -0.722. The van der Waals surface area contributed by atoms with Gasteiger partial charge in [0.25, 0.3) is 0 Å². The first-order valence-corrected chi connectivity index (χ1v) is 6.98. The number of ether oxygens (including phenoxy) is 2. The maximum Gasteiger partial charge on any atom is 0.323 e. The van der Waals surface area contributed by atoms with E-state index in [2.05, 4.69) is 20.7 Å². The Labute approximate surface area is 121 Å². The molecule has 0 fully saturated rings. The third-order valence-electron chi connectivity index (χ3n) is 2.53. The summed E-state index contributed by atoms with van der Waals surface area (Å²) >= 11 is 3.23. The lowest BCUT2D eigenvalue weighted by atomic mass is 10.1. The minimum Gasteiger partial charge on any atom is -0.468 e. The van der Waals surface area contributed by atoms with E-state index in [1.54, 1.807) is 12.1 Å². The zero-order chi connectivity index (χ0) is 14.3. The van der Waals surface area contributed by atoms with Crippen LogP contribution in [0.25, 0.3) is 0 Å². The summed E-state index contributed by atoms with van der Waals surface area (Å²) in [4.78, 5) is 22.5. The maximum absolute atomic E-state index is 11.6. The van der Waals surface area contributed by atoms with Crippen LogP contribution in [0.15, 0.2) is 30.3 Å². The summed E-state index contributed by atoms with van der Waals surface area (Å²) in [5.41, 5.74) is 0.749. The molecule has 0 unspecified atom stereocenters. The fraction of sp³-hybridized carbons (Fsp3) is 0.429. The molecule has 1 rings (SSSR count). The average Bonchev–Trinajstić information content (AvgIpc) is 2.44. The number of methoxy groups -OCH3 is 1. The van der Waals surface area contributed by atoms with E-state index in [-0.39, 0.29) is 5.97 Å². The quantitative estimate of drug-likeness (QED) is 0.595. The lowest BCUT2D eigenvalue weighted by molar-refractivity contribution is -0.153. The molecule has 0 aliphatic carbocycles. The first-order chi connectivity index (χ1) is 9.10. The molecule has 5 heteroatoms. The number of carbonyl (C=O) groups excluding carboxylic acids is 2. The summed E-state index contributed by atoms with van der Waals surface area (Å²) in [5.74, 6) is -0.803. The van der Waals surface area contributed by atoms with Crippen molar-refractivity contribution in [2.45, 2.75) is 30.7 Å². The highest BCUT2D eigenvalue weighted by Crippen LogP contribution is 2.28. The number of halogens is 1. The summed E-state index contributed by atoms with van der Waals surface area (Å²) in [6, 6.07) is 9.12. The highest BCUT2D eigenvalue weighted by Gasteiger charge is 2.31. The van der Waals surface area contributed by atoms with Crippen LogP contribution < -0.4 is 0 Å². The zero-order valence-corrected chi connectivity index (χ0v) is 12.6. The predicted molar refractivity (Wildman–Crippen MR) is 74.9 cm³/mol. The van der Waals surface area contributed by atoms with Gasteiger partial charge in [-0.25, -0.2) is 0 Å². The van der Waals surface area contributed by atoms with Crippen LogP contribution in [-0.4, -0.2) is 23.9 Å². The predicted octanol–water partition coefficient (Wildman–Crippen LogP) is 3.01. The molecule has 0 spiro atoms. The topological polar surface area (TPSA) is 52.6 Å². The molecule has 0 amide bonds. The highest BCUT2D eigenvalue weighted by molar-refractivity contribution is 9.10. The molecule has 1 aromatic carbocycles. The average molecular weight is 329 g/mol. The molecular formula is C14H17BrO4. The molecule has 0 N–H and O–H groups in total. The molecule has 2 atom stereocenters. The molecule has 1 aromatic rings. The summed E-state index contributed by atoms with van der Waals surface area (Å²) < 4.78 is 10.1. The summed E-state index contributed by atoms with van der Waals surface area (Å²) in [6.07, 6.45) is 0.336. The van der Waals surface area contributed by atoms with Gasteiger partial charge in [0.15, 0.2) is 4.83 Å². The summed E-state index contributed by atoms with van der Waals surface area (Å²) in [6.45, 7) is 1.89. The Hall–Kier alpha value is -1.36. The third kappa shape index (κ3) is 4.67. The number of benzene rings is 1.